The lowest BCUT2D eigenvalue weighted by molar-refractivity contribution is -0.122. The van der Waals surface area contributed by atoms with Crippen molar-refractivity contribution in [1.82, 2.24) is 5.32 Å². The lowest BCUT2D eigenvalue weighted by atomic mass is 10.00. The number of fused-ring (bicyclic) bond motifs is 1. The summed E-state index contributed by atoms with van der Waals surface area (Å²) in [5.74, 6) is -0.835. The average Bonchev–Trinajstić information content (AvgIpc) is 2.76. The molecule has 1 aliphatic rings. The minimum absolute atomic E-state index is 0.0179. The highest BCUT2D eigenvalue weighted by molar-refractivity contribution is 7.80. The predicted octanol–water partition coefficient (Wildman–Crippen LogP) is 4.85. The van der Waals surface area contributed by atoms with Crippen LogP contribution in [-0.4, -0.2) is 23.5 Å². The largest absolute Gasteiger partial charge is 0.493 e. The summed E-state index contributed by atoms with van der Waals surface area (Å²) < 4.78 is 20.3. The van der Waals surface area contributed by atoms with Crippen molar-refractivity contribution in [3.05, 3.63) is 77.6 Å². The first kappa shape index (κ1) is 21.6. The average molecular weight is 449 g/mol. The Morgan fingerprint density at radius 3 is 2.44 bits per heavy atom. The topological polar surface area (TPSA) is 58.6 Å². The molecule has 1 fully saturated rings. The molecule has 5 nitrogen and oxygen atoms in total. The van der Waals surface area contributed by atoms with Crippen molar-refractivity contribution in [3.63, 3.8) is 0 Å². The second-order valence-corrected chi connectivity index (χ2v) is 8.20. The van der Waals surface area contributed by atoms with Crippen LogP contribution < -0.4 is 15.0 Å². The third-order valence-corrected chi connectivity index (χ3v) is 5.27. The molecule has 7 heteroatoms. The molecule has 1 N–H and O–H groups in total. The number of ether oxygens (including phenoxy) is 1. The minimum atomic E-state index is -0.687. The number of carbonyl (C=O) groups is 2. The first-order chi connectivity index (χ1) is 15.4. The fraction of sp³-hybridized carbons (Fsp3) is 0.160. The molecule has 1 heterocycles. The Labute approximate surface area is 190 Å². The number of benzene rings is 3. The molecule has 2 amide bonds. The van der Waals surface area contributed by atoms with Crippen LogP contribution in [0.5, 0.6) is 5.75 Å². The Balaban J connectivity index is 1.78. The van der Waals surface area contributed by atoms with Crippen molar-refractivity contribution in [2.24, 2.45) is 5.92 Å². The van der Waals surface area contributed by atoms with Gasteiger partial charge < -0.3 is 4.74 Å². The highest BCUT2D eigenvalue weighted by Crippen LogP contribution is 2.31. The highest BCUT2D eigenvalue weighted by atomic mass is 32.1. The molecular formula is C25H21FN2O3S. The van der Waals surface area contributed by atoms with Crippen molar-refractivity contribution in [2.45, 2.75) is 13.8 Å². The van der Waals surface area contributed by atoms with Crippen LogP contribution in [0.15, 0.2) is 66.2 Å². The molecule has 0 aliphatic carbocycles. The predicted molar refractivity (Wildman–Crippen MR) is 127 cm³/mol. The number of nitrogens with zero attached hydrogens (tertiary/aromatic N) is 1. The van der Waals surface area contributed by atoms with Crippen LogP contribution in [0.3, 0.4) is 0 Å². The van der Waals surface area contributed by atoms with Gasteiger partial charge in [0.05, 0.1) is 12.3 Å². The molecule has 1 saturated heterocycles. The molecule has 0 spiro atoms. The number of hydrogen-bond acceptors (Lipinski definition) is 4. The molecule has 3 aromatic rings. The normalized spacial score (nSPS) is 15.6. The molecule has 3 aromatic carbocycles. The molecule has 0 atom stereocenters. The van der Waals surface area contributed by atoms with E-state index in [0.29, 0.717) is 18.1 Å². The minimum Gasteiger partial charge on any atom is -0.493 e. The van der Waals surface area contributed by atoms with Crippen molar-refractivity contribution in [3.8, 4) is 5.75 Å². The first-order valence-corrected chi connectivity index (χ1v) is 10.6. The molecule has 4 rings (SSSR count). The standard InChI is InChI=1S/C25H21FN2O3S/c1-15(2)14-31-22-12-11-16(17-7-3-4-8-18(17)22)13-19-23(29)27-25(32)28(24(19)30)21-10-6-5-9-20(21)26/h3-13,15H,14H2,1-2H3,(H,27,29,32). The SMILES string of the molecule is CC(C)COc1ccc(C=C2C(=O)NC(=S)N(c3ccccc3F)C2=O)c2ccccc12. The van der Waals surface area contributed by atoms with E-state index in [-0.39, 0.29) is 16.4 Å². The van der Waals surface area contributed by atoms with E-state index < -0.39 is 17.6 Å². The Morgan fingerprint density at radius 1 is 1.03 bits per heavy atom. The second kappa shape index (κ2) is 8.88. The van der Waals surface area contributed by atoms with E-state index in [4.69, 9.17) is 17.0 Å². The molecule has 1 aliphatic heterocycles. The van der Waals surface area contributed by atoms with E-state index in [9.17, 15) is 14.0 Å². The van der Waals surface area contributed by atoms with Gasteiger partial charge in [-0.1, -0.05) is 56.3 Å². The zero-order valence-corrected chi connectivity index (χ0v) is 18.4. The van der Waals surface area contributed by atoms with Gasteiger partial charge in [-0.15, -0.1) is 0 Å². The summed E-state index contributed by atoms with van der Waals surface area (Å²) in [6, 6.07) is 17.0. The van der Waals surface area contributed by atoms with E-state index >= 15 is 0 Å². The fourth-order valence-corrected chi connectivity index (χ4v) is 3.74. The van der Waals surface area contributed by atoms with Crippen LogP contribution in [-0.2, 0) is 9.59 Å². The maximum atomic E-state index is 14.4. The Kier molecular flexibility index (Phi) is 6.01. The third kappa shape index (κ3) is 4.11. The van der Waals surface area contributed by atoms with Gasteiger partial charge in [0.25, 0.3) is 11.8 Å². The van der Waals surface area contributed by atoms with Gasteiger partial charge in [0, 0.05) is 5.39 Å². The van der Waals surface area contributed by atoms with Gasteiger partial charge in [0.15, 0.2) is 5.11 Å². The number of nitrogens with one attached hydrogen (secondary N) is 1. The van der Waals surface area contributed by atoms with E-state index in [2.05, 4.69) is 19.2 Å². The number of rotatable bonds is 5. The van der Waals surface area contributed by atoms with Crippen molar-refractivity contribution in [1.29, 1.82) is 0 Å². The lowest BCUT2D eigenvalue weighted by Gasteiger charge is -2.29. The van der Waals surface area contributed by atoms with Crippen LogP contribution in [0.25, 0.3) is 16.8 Å². The van der Waals surface area contributed by atoms with Gasteiger partial charge in [0.2, 0.25) is 0 Å². The highest BCUT2D eigenvalue weighted by Gasteiger charge is 2.35. The van der Waals surface area contributed by atoms with Gasteiger partial charge in [-0.2, -0.15) is 0 Å². The second-order valence-electron chi connectivity index (χ2n) is 7.81. The van der Waals surface area contributed by atoms with E-state index in [0.717, 1.165) is 21.4 Å². The summed E-state index contributed by atoms with van der Waals surface area (Å²) in [7, 11) is 0. The van der Waals surface area contributed by atoms with Gasteiger partial charge in [-0.05, 0) is 53.4 Å². The molecule has 0 unspecified atom stereocenters. The lowest BCUT2D eigenvalue weighted by Crippen LogP contribution is -2.54. The molecular weight excluding hydrogens is 427 g/mol. The summed E-state index contributed by atoms with van der Waals surface area (Å²) in [5, 5.41) is 4.02. The molecule has 32 heavy (non-hydrogen) atoms. The van der Waals surface area contributed by atoms with Crippen LogP contribution >= 0.6 is 12.2 Å². The van der Waals surface area contributed by atoms with Crippen molar-refractivity contribution < 1.29 is 18.7 Å². The summed E-state index contributed by atoms with van der Waals surface area (Å²) in [4.78, 5) is 26.8. The van der Waals surface area contributed by atoms with E-state index in [1.807, 2.05) is 30.3 Å². The number of carbonyl (C=O) groups excluding carboxylic acids is 2. The maximum Gasteiger partial charge on any atom is 0.270 e. The summed E-state index contributed by atoms with van der Waals surface area (Å²) in [6.45, 7) is 4.71. The van der Waals surface area contributed by atoms with Crippen LogP contribution in [0, 0.1) is 11.7 Å². The molecule has 162 valence electrons. The molecule has 0 bridgehead atoms. The number of hydrogen-bond donors (Lipinski definition) is 1. The molecule has 0 aromatic heterocycles. The number of thiocarbonyl (C=S) groups is 1. The maximum absolute atomic E-state index is 14.4. The number of anilines is 1. The van der Waals surface area contributed by atoms with Crippen molar-refractivity contribution in [2.75, 3.05) is 11.5 Å². The van der Waals surface area contributed by atoms with Crippen molar-refractivity contribution >= 4 is 51.7 Å². The Hall–Kier alpha value is -3.58. The zero-order valence-electron chi connectivity index (χ0n) is 17.6. The van der Waals surface area contributed by atoms with Crippen LogP contribution in [0.2, 0.25) is 0 Å². The summed E-state index contributed by atoms with van der Waals surface area (Å²) >= 11 is 5.15. The van der Waals surface area contributed by atoms with Gasteiger partial charge >= 0.3 is 0 Å². The van der Waals surface area contributed by atoms with Gasteiger partial charge in [0.1, 0.15) is 17.1 Å². The Morgan fingerprint density at radius 2 is 1.72 bits per heavy atom. The van der Waals surface area contributed by atoms with Crippen LogP contribution in [0.1, 0.15) is 19.4 Å². The van der Waals surface area contributed by atoms with Gasteiger partial charge in [-0.25, -0.2) is 9.29 Å². The zero-order chi connectivity index (χ0) is 22.8. The Bertz CT molecular complexity index is 1270. The van der Waals surface area contributed by atoms with E-state index in [1.165, 1.54) is 24.3 Å². The summed E-state index contributed by atoms with van der Waals surface area (Å²) in [5.41, 5.74) is 0.510. The number of halogens is 1. The summed E-state index contributed by atoms with van der Waals surface area (Å²) in [6.07, 6.45) is 1.50. The fourth-order valence-electron chi connectivity index (χ4n) is 3.47. The smallest absolute Gasteiger partial charge is 0.270 e. The first-order valence-electron chi connectivity index (χ1n) is 10.2. The number of amides is 2. The third-order valence-electron chi connectivity index (χ3n) is 4.98. The van der Waals surface area contributed by atoms with E-state index in [1.54, 1.807) is 12.1 Å². The molecule has 0 saturated carbocycles. The molecule has 0 radical (unpaired) electrons. The monoisotopic (exact) mass is 448 g/mol. The quantitative estimate of drug-likeness (QED) is 0.345. The number of para-hydroxylation sites is 1. The van der Waals surface area contributed by atoms with Gasteiger partial charge in [-0.3, -0.25) is 14.9 Å². The van der Waals surface area contributed by atoms with Crippen LogP contribution in [0.4, 0.5) is 10.1 Å².